The van der Waals surface area contributed by atoms with Crippen LogP contribution in [0.1, 0.15) is 24.2 Å². The Hall–Kier alpha value is -1.55. The van der Waals surface area contributed by atoms with Gasteiger partial charge < -0.3 is 15.2 Å². The fourth-order valence-electron chi connectivity index (χ4n) is 2.30. The molecule has 2 rings (SSSR count). The molecule has 0 bridgehead atoms. The molecule has 0 aromatic heterocycles. The molecular weight excluding hydrogens is 286 g/mol. The minimum Gasteiger partial charge on any atom is -0.496 e. The van der Waals surface area contributed by atoms with E-state index in [2.05, 4.69) is 5.32 Å². The second-order valence-electron chi connectivity index (χ2n) is 5.11. The van der Waals surface area contributed by atoms with Crippen molar-refractivity contribution in [2.45, 2.75) is 25.6 Å². The molecule has 0 aliphatic rings. The Kier molecular flexibility index (Phi) is 5.62. The molecule has 0 spiro atoms. The van der Waals surface area contributed by atoms with Crippen molar-refractivity contribution in [3.05, 3.63) is 64.7 Å². The number of aliphatic hydroxyl groups excluding tert-OH is 1. The van der Waals surface area contributed by atoms with E-state index in [1.54, 1.807) is 7.11 Å². The summed E-state index contributed by atoms with van der Waals surface area (Å²) in [6.45, 7) is 2.71. The maximum atomic E-state index is 10.4. The van der Waals surface area contributed by atoms with E-state index >= 15 is 0 Å². The number of ether oxygens (including phenoxy) is 1. The van der Waals surface area contributed by atoms with Gasteiger partial charge in [-0.25, -0.2) is 0 Å². The average molecular weight is 307 g/mol. The SMILES string of the molecule is COc1ccc(Cl)cc1C[NH2+][C@@H](C)[C@H](O)c1ccccc1. The highest BCUT2D eigenvalue weighted by Gasteiger charge is 2.19. The third-order valence-electron chi connectivity index (χ3n) is 3.59. The van der Waals surface area contributed by atoms with E-state index in [9.17, 15) is 5.11 Å². The van der Waals surface area contributed by atoms with Gasteiger partial charge >= 0.3 is 0 Å². The molecule has 3 N–H and O–H groups in total. The van der Waals surface area contributed by atoms with Crippen LogP contribution in [0.4, 0.5) is 0 Å². The van der Waals surface area contributed by atoms with Crippen molar-refractivity contribution >= 4 is 11.6 Å². The van der Waals surface area contributed by atoms with E-state index in [-0.39, 0.29) is 6.04 Å². The highest BCUT2D eigenvalue weighted by Crippen LogP contribution is 2.22. The number of nitrogens with two attached hydrogens (primary N) is 1. The van der Waals surface area contributed by atoms with Gasteiger partial charge in [0.25, 0.3) is 0 Å². The van der Waals surface area contributed by atoms with Crippen molar-refractivity contribution in [3.8, 4) is 5.75 Å². The van der Waals surface area contributed by atoms with Crippen LogP contribution in [-0.2, 0) is 6.54 Å². The Bertz CT molecular complexity index is 574. The van der Waals surface area contributed by atoms with Crippen LogP contribution < -0.4 is 10.1 Å². The number of halogens is 1. The monoisotopic (exact) mass is 306 g/mol. The first-order chi connectivity index (χ1) is 10.1. The molecule has 4 heteroatoms. The van der Waals surface area contributed by atoms with Crippen LogP contribution >= 0.6 is 11.6 Å². The van der Waals surface area contributed by atoms with Crippen LogP contribution in [0, 0.1) is 0 Å². The summed E-state index contributed by atoms with van der Waals surface area (Å²) in [5, 5.41) is 13.1. The largest absolute Gasteiger partial charge is 0.496 e. The summed E-state index contributed by atoms with van der Waals surface area (Å²) in [5.41, 5.74) is 1.96. The van der Waals surface area contributed by atoms with Gasteiger partial charge in [-0.1, -0.05) is 41.9 Å². The highest BCUT2D eigenvalue weighted by molar-refractivity contribution is 6.30. The molecule has 21 heavy (non-hydrogen) atoms. The van der Waals surface area contributed by atoms with Gasteiger partial charge in [0.2, 0.25) is 0 Å². The Morgan fingerprint density at radius 3 is 2.57 bits per heavy atom. The van der Waals surface area contributed by atoms with E-state index < -0.39 is 6.10 Å². The van der Waals surface area contributed by atoms with Gasteiger partial charge in [0.05, 0.1) is 7.11 Å². The number of aliphatic hydroxyl groups is 1. The van der Waals surface area contributed by atoms with Crippen LogP contribution in [0.3, 0.4) is 0 Å². The molecule has 0 unspecified atom stereocenters. The first-order valence-electron chi connectivity index (χ1n) is 7.00. The zero-order valence-electron chi connectivity index (χ0n) is 12.3. The molecule has 0 aliphatic heterocycles. The molecule has 3 nitrogen and oxygen atoms in total. The predicted molar refractivity (Wildman–Crippen MR) is 84.5 cm³/mol. The molecule has 0 heterocycles. The van der Waals surface area contributed by atoms with Gasteiger partial charge in [-0.05, 0) is 30.7 Å². The maximum Gasteiger partial charge on any atom is 0.130 e. The number of hydrogen-bond acceptors (Lipinski definition) is 2. The van der Waals surface area contributed by atoms with Crippen molar-refractivity contribution in [3.63, 3.8) is 0 Å². The highest BCUT2D eigenvalue weighted by atomic mass is 35.5. The van der Waals surface area contributed by atoms with Crippen LogP contribution in [0.5, 0.6) is 5.75 Å². The zero-order valence-corrected chi connectivity index (χ0v) is 13.0. The second-order valence-corrected chi connectivity index (χ2v) is 5.55. The van der Waals surface area contributed by atoms with Gasteiger partial charge in [0.1, 0.15) is 24.4 Å². The summed E-state index contributed by atoms with van der Waals surface area (Å²) < 4.78 is 5.34. The third kappa shape index (κ3) is 4.21. The minimum absolute atomic E-state index is 0.0380. The van der Waals surface area contributed by atoms with E-state index in [1.165, 1.54) is 0 Å². The van der Waals surface area contributed by atoms with Crippen molar-refractivity contribution in [2.24, 2.45) is 0 Å². The standard InChI is InChI=1S/C17H20ClNO2/c1-12(17(20)13-6-4-3-5-7-13)19-11-14-10-15(18)8-9-16(14)21-2/h3-10,12,17,19-20H,11H2,1-2H3/p+1/t12-,17-/m0/s1. The number of hydrogen-bond donors (Lipinski definition) is 2. The minimum atomic E-state index is -0.503. The number of rotatable bonds is 6. The Balaban J connectivity index is 2.01. The van der Waals surface area contributed by atoms with Crippen molar-refractivity contribution < 1.29 is 15.2 Å². The Labute approximate surface area is 130 Å². The molecular formula is C17H21ClNO2+. The maximum absolute atomic E-state index is 10.4. The molecule has 0 saturated heterocycles. The topological polar surface area (TPSA) is 46.1 Å². The van der Waals surface area contributed by atoms with Gasteiger partial charge in [-0.15, -0.1) is 0 Å². The summed E-state index contributed by atoms with van der Waals surface area (Å²) in [6, 6.07) is 15.3. The summed E-state index contributed by atoms with van der Waals surface area (Å²) in [4.78, 5) is 0. The molecule has 112 valence electrons. The van der Waals surface area contributed by atoms with Gasteiger partial charge in [-0.3, -0.25) is 0 Å². The van der Waals surface area contributed by atoms with Crippen LogP contribution in [0.25, 0.3) is 0 Å². The summed E-state index contributed by atoms with van der Waals surface area (Å²) in [6.07, 6.45) is -0.503. The normalized spacial score (nSPS) is 13.7. The van der Waals surface area contributed by atoms with E-state index in [0.717, 1.165) is 16.9 Å². The van der Waals surface area contributed by atoms with E-state index in [1.807, 2.05) is 55.5 Å². The van der Waals surface area contributed by atoms with Crippen molar-refractivity contribution in [1.82, 2.24) is 0 Å². The molecule has 2 aromatic carbocycles. The predicted octanol–water partition coefficient (Wildman–Crippen LogP) is 2.53. The zero-order chi connectivity index (χ0) is 15.2. The molecule has 0 radical (unpaired) electrons. The lowest BCUT2D eigenvalue weighted by atomic mass is 10.0. The first kappa shape index (κ1) is 15.8. The van der Waals surface area contributed by atoms with Gasteiger partial charge in [0.15, 0.2) is 0 Å². The molecule has 2 aromatic rings. The lowest BCUT2D eigenvalue weighted by Gasteiger charge is -2.18. The summed E-state index contributed by atoms with van der Waals surface area (Å²) in [7, 11) is 1.65. The van der Waals surface area contributed by atoms with Crippen molar-refractivity contribution in [1.29, 1.82) is 0 Å². The quantitative estimate of drug-likeness (QED) is 0.861. The van der Waals surface area contributed by atoms with Gasteiger partial charge in [0, 0.05) is 10.6 Å². The number of benzene rings is 2. The van der Waals surface area contributed by atoms with Crippen LogP contribution in [-0.4, -0.2) is 18.3 Å². The fraction of sp³-hybridized carbons (Fsp3) is 0.294. The van der Waals surface area contributed by atoms with Gasteiger partial charge in [-0.2, -0.15) is 0 Å². The Morgan fingerprint density at radius 1 is 1.19 bits per heavy atom. The summed E-state index contributed by atoms with van der Waals surface area (Å²) in [5.74, 6) is 0.817. The van der Waals surface area contributed by atoms with Crippen LogP contribution in [0.15, 0.2) is 48.5 Å². The molecule has 2 atom stereocenters. The van der Waals surface area contributed by atoms with Crippen LogP contribution in [0.2, 0.25) is 5.02 Å². The lowest BCUT2D eigenvalue weighted by molar-refractivity contribution is -0.709. The molecule has 0 fully saturated rings. The average Bonchev–Trinajstić information content (AvgIpc) is 2.52. The van der Waals surface area contributed by atoms with Crippen molar-refractivity contribution in [2.75, 3.05) is 7.11 Å². The smallest absolute Gasteiger partial charge is 0.130 e. The summed E-state index contributed by atoms with van der Waals surface area (Å²) >= 11 is 6.03. The third-order valence-corrected chi connectivity index (χ3v) is 3.83. The molecule has 0 amide bonds. The molecule has 0 aliphatic carbocycles. The lowest BCUT2D eigenvalue weighted by Crippen LogP contribution is -2.89. The van der Waals surface area contributed by atoms with E-state index in [0.29, 0.717) is 11.6 Å². The first-order valence-corrected chi connectivity index (χ1v) is 7.38. The molecule has 0 saturated carbocycles. The fourth-order valence-corrected chi connectivity index (χ4v) is 2.50. The van der Waals surface area contributed by atoms with E-state index in [4.69, 9.17) is 16.3 Å². The number of methoxy groups -OCH3 is 1. The Morgan fingerprint density at radius 2 is 1.90 bits per heavy atom. The number of quaternary nitrogens is 1. The second kappa shape index (κ2) is 7.46.